The summed E-state index contributed by atoms with van der Waals surface area (Å²) in [5.74, 6) is 1.42. The maximum absolute atomic E-state index is 13.3. The lowest BCUT2D eigenvalue weighted by atomic mass is 9.83. The highest BCUT2D eigenvalue weighted by molar-refractivity contribution is 5.97. The van der Waals surface area contributed by atoms with E-state index in [1.54, 1.807) is 0 Å². The number of hydrogen-bond donors (Lipinski definition) is 1. The molecule has 1 aromatic rings. The summed E-state index contributed by atoms with van der Waals surface area (Å²) in [4.78, 5) is 13.3. The smallest absolute Gasteiger partial charge is 0.256 e. The second-order valence-corrected chi connectivity index (χ2v) is 8.06. The molecule has 0 aliphatic carbocycles. The molecule has 0 aromatic heterocycles. The van der Waals surface area contributed by atoms with Gasteiger partial charge >= 0.3 is 0 Å². The molecule has 0 unspecified atom stereocenters. The van der Waals surface area contributed by atoms with Gasteiger partial charge in [-0.3, -0.25) is 4.79 Å². The van der Waals surface area contributed by atoms with E-state index >= 15 is 0 Å². The lowest BCUT2D eigenvalue weighted by Crippen LogP contribution is -2.47. The van der Waals surface area contributed by atoms with Crippen molar-refractivity contribution in [1.82, 2.24) is 0 Å². The van der Waals surface area contributed by atoms with Crippen LogP contribution in [0.3, 0.4) is 0 Å². The predicted molar refractivity (Wildman–Crippen MR) is 115 cm³/mol. The SMILES string of the molecule is CCCOC(CC(C)C)(CC(C)C)C(=O)Nc1ccc(OCCOCC)cc1. The minimum Gasteiger partial charge on any atom is -0.491 e. The van der Waals surface area contributed by atoms with Crippen molar-refractivity contribution in [2.45, 2.75) is 66.4 Å². The van der Waals surface area contributed by atoms with Crippen molar-refractivity contribution in [3.05, 3.63) is 24.3 Å². The average Bonchev–Trinajstić information content (AvgIpc) is 2.63. The van der Waals surface area contributed by atoms with Crippen molar-refractivity contribution in [2.75, 3.05) is 31.7 Å². The van der Waals surface area contributed by atoms with Gasteiger partial charge in [0.05, 0.1) is 6.61 Å². The number of carbonyl (C=O) groups excluding carboxylic acids is 1. The zero-order chi connectivity index (χ0) is 21.0. The van der Waals surface area contributed by atoms with Crippen LogP contribution in [0.1, 0.15) is 60.8 Å². The van der Waals surface area contributed by atoms with Crippen molar-refractivity contribution in [1.29, 1.82) is 0 Å². The highest BCUT2D eigenvalue weighted by Gasteiger charge is 2.40. The van der Waals surface area contributed by atoms with Crippen LogP contribution in [-0.2, 0) is 14.3 Å². The van der Waals surface area contributed by atoms with Gasteiger partial charge in [0.2, 0.25) is 0 Å². The molecule has 0 aliphatic heterocycles. The van der Waals surface area contributed by atoms with Crippen LogP contribution in [0.5, 0.6) is 5.75 Å². The highest BCUT2D eigenvalue weighted by atomic mass is 16.5. The van der Waals surface area contributed by atoms with E-state index < -0.39 is 5.60 Å². The number of anilines is 1. The summed E-state index contributed by atoms with van der Waals surface area (Å²) in [5.41, 5.74) is -0.0514. The molecule has 160 valence electrons. The summed E-state index contributed by atoms with van der Waals surface area (Å²) >= 11 is 0. The molecule has 0 fully saturated rings. The Morgan fingerprint density at radius 1 is 0.964 bits per heavy atom. The Balaban J connectivity index is 2.84. The molecule has 0 saturated carbocycles. The van der Waals surface area contributed by atoms with Crippen LogP contribution in [0.15, 0.2) is 24.3 Å². The Hall–Kier alpha value is -1.59. The van der Waals surface area contributed by atoms with E-state index in [0.29, 0.717) is 51.1 Å². The van der Waals surface area contributed by atoms with Crippen LogP contribution < -0.4 is 10.1 Å². The van der Waals surface area contributed by atoms with Crippen molar-refractivity contribution in [3.8, 4) is 5.75 Å². The van der Waals surface area contributed by atoms with E-state index in [2.05, 4.69) is 39.9 Å². The third-order valence-electron chi connectivity index (χ3n) is 4.28. The Bertz CT molecular complexity index is 544. The molecule has 5 nitrogen and oxygen atoms in total. The molecule has 5 heteroatoms. The average molecular weight is 394 g/mol. The Kier molecular flexibility index (Phi) is 11.2. The normalized spacial score (nSPS) is 11.9. The number of carbonyl (C=O) groups is 1. The molecule has 0 atom stereocenters. The van der Waals surface area contributed by atoms with Gasteiger partial charge in [0, 0.05) is 18.9 Å². The van der Waals surface area contributed by atoms with Gasteiger partial charge in [-0.1, -0.05) is 34.6 Å². The van der Waals surface area contributed by atoms with Gasteiger partial charge in [-0.25, -0.2) is 0 Å². The largest absolute Gasteiger partial charge is 0.491 e. The molecule has 0 spiro atoms. The molecule has 0 radical (unpaired) electrons. The molecule has 0 aliphatic rings. The van der Waals surface area contributed by atoms with Gasteiger partial charge in [-0.15, -0.1) is 0 Å². The summed E-state index contributed by atoms with van der Waals surface area (Å²) in [6.45, 7) is 14.9. The summed E-state index contributed by atoms with van der Waals surface area (Å²) in [6, 6.07) is 7.45. The first-order chi connectivity index (χ1) is 13.3. The number of rotatable bonds is 14. The Morgan fingerprint density at radius 3 is 2.07 bits per heavy atom. The van der Waals surface area contributed by atoms with Gasteiger partial charge in [0.15, 0.2) is 0 Å². The quantitative estimate of drug-likeness (QED) is 0.436. The van der Waals surface area contributed by atoms with Crippen LogP contribution >= 0.6 is 0 Å². The third kappa shape index (κ3) is 8.61. The number of amides is 1. The van der Waals surface area contributed by atoms with Crippen molar-refractivity contribution in [3.63, 3.8) is 0 Å². The standard InChI is InChI=1S/C23H39NO4/c1-7-13-28-23(16-18(3)4,17-19(5)6)22(25)24-20-9-11-21(12-10-20)27-15-14-26-8-2/h9-12,18-19H,7-8,13-17H2,1-6H3,(H,24,25). The van der Waals surface area contributed by atoms with E-state index in [-0.39, 0.29) is 5.91 Å². The van der Waals surface area contributed by atoms with E-state index in [1.807, 2.05) is 31.2 Å². The fourth-order valence-corrected chi connectivity index (χ4v) is 3.31. The third-order valence-corrected chi connectivity index (χ3v) is 4.28. The van der Waals surface area contributed by atoms with Crippen LogP contribution in [0.25, 0.3) is 0 Å². The van der Waals surface area contributed by atoms with Gasteiger partial charge in [-0.2, -0.15) is 0 Å². The summed E-state index contributed by atoms with van der Waals surface area (Å²) in [6.07, 6.45) is 2.30. The molecular formula is C23H39NO4. The van der Waals surface area contributed by atoms with Gasteiger partial charge in [0.25, 0.3) is 5.91 Å². The summed E-state index contributed by atoms with van der Waals surface area (Å²) in [7, 11) is 0. The molecule has 1 amide bonds. The zero-order valence-corrected chi connectivity index (χ0v) is 18.5. The maximum atomic E-state index is 13.3. The van der Waals surface area contributed by atoms with Crippen molar-refractivity contribution < 1.29 is 19.0 Å². The first kappa shape index (κ1) is 24.4. The molecule has 0 heterocycles. The molecule has 0 bridgehead atoms. The van der Waals surface area contributed by atoms with Crippen LogP contribution in [0.4, 0.5) is 5.69 Å². The lowest BCUT2D eigenvalue weighted by molar-refractivity contribution is -0.147. The number of benzene rings is 1. The predicted octanol–water partition coefficient (Wildman–Crippen LogP) is 5.30. The van der Waals surface area contributed by atoms with Crippen LogP contribution in [0.2, 0.25) is 0 Å². The first-order valence-electron chi connectivity index (χ1n) is 10.6. The van der Waals surface area contributed by atoms with Crippen LogP contribution in [-0.4, -0.2) is 37.9 Å². The second kappa shape index (κ2) is 12.8. The molecule has 1 rings (SSSR count). The molecule has 0 saturated heterocycles. The fourth-order valence-electron chi connectivity index (χ4n) is 3.31. The lowest BCUT2D eigenvalue weighted by Gasteiger charge is -2.35. The second-order valence-electron chi connectivity index (χ2n) is 8.06. The minimum atomic E-state index is -0.801. The van der Waals surface area contributed by atoms with E-state index in [1.165, 1.54) is 0 Å². The van der Waals surface area contributed by atoms with Crippen LogP contribution in [0, 0.1) is 11.8 Å². The number of hydrogen-bond acceptors (Lipinski definition) is 4. The molecule has 28 heavy (non-hydrogen) atoms. The summed E-state index contributed by atoms with van der Waals surface area (Å²) in [5, 5.41) is 3.06. The van der Waals surface area contributed by atoms with Gasteiger partial charge in [-0.05, 0) is 62.3 Å². The van der Waals surface area contributed by atoms with Crippen molar-refractivity contribution in [2.24, 2.45) is 11.8 Å². The zero-order valence-electron chi connectivity index (χ0n) is 18.5. The van der Waals surface area contributed by atoms with E-state index in [0.717, 1.165) is 17.9 Å². The Labute approximate surface area is 171 Å². The first-order valence-corrected chi connectivity index (χ1v) is 10.6. The number of ether oxygens (including phenoxy) is 3. The molecule has 1 N–H and O–H groups in total. The topological polar surface area (TPSA) is 56.8 Å². The Morgan fingerprint density at radius 2 is 1.57 bits per heavy atom. The van der Waals surface area contributed by atoms with Gasteiger partial charge in [0.1, 0.15) is 18.0 Å². The monoisotopic (exact) mass is 393 g/mol. The highest BCUT2D eigenvalue weighted by Crippen LogP contribution is 2.31. The fraction of sp³-hybridized carbons (Fsp3) is 0.696. The molecule has 1 aromatic carbocycles. The van der Waals surface area contributed by atoms with E-state index in [4.69, 9.17) is 14.2 Å². The van der Waals surface area contributed by atoms with E-state index in [9.17, 15) is 4.79 Å². The number of nitrogens with one attached hydrogen (secondary N) is 1. The minimum absolute atomic E-state index is 0.0617. The van der Waals surface area contributed by atoms with Gasteiger partial charge < -0.3 is 19.5 Å². The maximum Gasteiger partial charge on any atom is 0.256 e. The summed E-state index contributed by atoms with van der Waals surface area (Å²) < 4.78 is 17.1. The van der Waals surface area contributed by atoms with Crippen molar-refractivity contribution >= 4 is 11.6 Å². The molecular weight excluding hydrogens is 354 g/mol.